The van der Waals surface area contributed by atoms with Gasteiger partial charge < -0.3 is 25.2 Å². The molecule has 1 atom stereocenters. The number of alkyl halides is 3. The van der Waals surface area contributed by atoms with Crippen LogP contribution in [0.5, 0.6) is 0 Å². The molecule has 0 aliphatic carbocycles. The molecule has 0 aromatic heterocycles. The molecule has 0 aromatic rings. The Bertz CT molecular complexity index is 527. The number of guanidine groups is 1. The minimum atomic E-state index is -4.44. The van der Waals surface area contributed by atoms with Crippen LogP contribution in [0, 0.1) is 0 Å². The Morgan fingerprint density at radius 1 is 1.15 bits per heavy atom. The van der Waals surface area contributed by atoms with Gasteiger partial charge in [0.25, 0.3) is 5.91 Å². The van der Waals surface area contributed by atoms with Gasteiger partial charge in [-0.05, 0) is 12.8 Å². The maximum atomic E-state index is 12.3. The number of halogens is 3. The van der Waals surface area contributed by atoms with E-state index in [0.29, 0.717) is 38.7 Å². The highest BCUT2D eigenvalue weighted by atomic mass is 19.4. The summed E-state index contributed by atoms with van der Waals surface area (Å²) in [6.07, 6.45) is -3.15. The van der Waals surface area contributed by atoms with E-state index in [0.717, 1.165) is 12.8 Å². The summed E-state index contributed by atoms with van der Waals surface area (Å²) < 4.78 is 41.6. The van der Waals surface area contributed by atoms with Crippen LogP contribution in [-0.2, 0) is 14.3 Å². The summed E-state index contributed by atoms with van der Waals surface area (Å²) in [5.41, 5.74) is 0. The van der Waals surface area contributed by atoms with E-state index in [9.17, 15) is 22.8 Å². The van der Waals surface area contributed by atoms with Gasteiger partial charge in [-0.2, -0.15) is 13.2 Å². The highest BCUT2D eigenvalue weighted by Gasteiger charge is 2.31. The van der Waals surface area contributed by atoms with E-state index >= 15 is 0 Å². The fourth-order valence-corrected chi connectivity index (χ4v) is 2.87. The maximum Gasteiger partial charge on any atom is 0.405 e. The van der Waals surface area contributed by atoms with Crippen molar-refractivity contribution < 1.29 is 27.5 Å². The summed E-state index contributed by atoms with van der Waals surface area (Å²) in [6.45, 7) is 0.973. The second kappa shape index (κ2) is 9.06. The van der Waals surface area contributed by atoms with Gasteiger partial charge in [-0.25, -0.2) is 0 Å². The van der Waals surface area contributed by atoms with Gasteiger partial charge in [0, 0.05) is 39.8 Å². The molecule has 2 saturated heterocycles. The highest BCUT2D eigenvalue weighted by Crippen LogP contribution is 2.16. The van der Waals surface area contributed by atoms with Crippen LogP contribution in [0.25, 0.3) is 0 Å². The molecule has 11 heteroatoms. The Kier molecular flexibility index (Phi) is 7.06. The molecule has 148 valence electrons. The number of hydrogen-bond acceptors (Lipinski definition) is 4. The standard InChI is InChI=1S/C15H24F3N5O3/c1-19-14(20-9-12(24)21-10-15(16,17)18)23-6-4-22(5-7-23)13(25)11-3-2-8-26-11/h11H,2-10H2,1H3,(H,19,20)(H,21,24). The molecular formula is C15H24F3N5O3. The Hall–Kier alpha value is -2.04. The van der Waals surface area contributed by atoms with Crippen LogP contribution in [0.1, 0.15) is 12.8 Å². The zero-order valence-corrected chi connectivity index (χ0v) is 14.6. The van der Waals surface area contributed by atoms with E-state index in [2.05, 4.69) is 10.3 Å². The lowest BCUT2D eigenvalue weighted by atomic mass is 10.2. The van der Waals surface area contributed by atoms with E-state index < -0.39 is 18.6 Å². The number of ether oxygens (including phenoxy) is 1. The Labute approximate surface area is 149 Å². The number of amides is 2. The van der Waals surface area contributed by atoms with Crippen molar-refractivity contribution in [1.29, 1.82) is 0 Å². The average molecular weight is 379 g/mol. The summed E-state index contributed by atoms with van der Waals surface area (Å²) in [4.78, 5) is 31.4. The molecule has 2 heterocycles. The van der Waals surface area contributed by atoms with Crippen molar-refractivity contribution in [2.24, 2.45) is 4.99 Å². The van der Waals surface area contributed by atoms with Gasteiger partial charge >= 0.3 is 6.18 Å². The van der Waals surface area contributed by atoms with Crippen molar-refractivity contribution in [2.45, 2.75) is 25.1 Å². The lowest BCUT2D eigenvalue weighted by Gasteiger charge is -2.37. The largest absolute Gasteiger partial charge is 0.405 e. The summed E-state index contributed by atoms with van der Waals surface area (Å²) in [7, 11) is 1.53. The van der Waals surface area contributed by atoms with Crippen molar-refractivity contribution in [3.63, 3.8) is 0 Å². The number of hydrogen-bond donors (Lipinski definition) is 2. The smallest absolute Gasteiger partial charge is 0.368 e. The molecule has 0 bridgehead atoms. The van der Waals surface area contributed by atoms with Crippen molar-refractivity contribution >= 4 is 17.8 Å². The van der Waals surface area contributed by atoms with Crippen LogP contribution in [-0.4, -0.2) is 92.8 Å². The van der Waals surface area contributed by atoms with Crippen LogP contribution in [0.2, 0.25) is 0 Å². The summed E-state index contributed by atoms with van der Waals surface area (Å²) in [5, 5.41) is 4.53. The topological polar surface area (TPSA) is 86.3 Å². The summed E-state index contributed by atoms with van der Waals surface area (Å²) >= 11 is 0. The number of nitrogens with zero attached hydrogens (tertiary/aromatic N) is 3. The Morgan fingerprint density at radius 3 is 2.35 bits per heavy atom. The van der Waals surface area contributed by atoms with Gasteiger partial charge in [-0.3, -0.25) is 14.6 Å². The minimum absolute atomic E-state index is 0.00313. The average Bonchev–Trinajstić information content (AvgIpc) is 3.14. The molecule has 0 saturated carbocycles. The lowest BCUT2D eigenvalue weighted by Crippen LogP contribution is -2.56. The van der Waals surface area contributed by atoms with E-state index in [1.165, 1.54) is 7.05 Å². The first-order valence-electron chi connectivity index (χ1n) is 8.49. The third-order valence-corrected chi connectivity index (χ3v) is 4.20. The van der Waals surface area contributed by atoms with Crippen LogP contribution in [0.3, 0.4) is 0 Å². The molecule has 0 spiro atoms. The Morgan fingerprint density at radius 2 is 1.81 bits per heavy atom. The molecule has 1 unspecified atom stereocenters. The monoisotopic (exact) mass is 379 g/mol. The third-order valence-electron chi connectivity index (χ3n) is 4.20. The zero-order chi connectivity index (χ0) is 19.2. The molecule has 2 rings (SSSR count). The van der Waals surface area contributed by atoms with Crippen molar-refractivity contribution in [1.82, 2.24) is 20.4 Å². The number of piperazine rings is 1. The predicted octanol–water partition coefficient (Wildman–Crippen LogP) is -0.436. The molecule has 2 aliphatic heterocycles. The fourth-order valence-electron chi connectivity index (χ4n) is 2.87. The first-order chi connectivity index (χ1) is 12.3. The Balaban J connectivity index is 1.74. The van der Waals surface area contributed by atoms with Gasteiger partial charge in [0.1, 0.15) is 12.6 Å². The molecular weight excluding hydrogens is 355 g/mol. The van der Waals surface area contributed by atoms with E-state index in [1.54, 1.807) is 10.2 Å². The molecule has 0 aromatic carbocycles. The van der Waals surface area contributed by atoms with Gasteiger partial charge in [0.2, 0.25) is 5.91 Å². The highest BCUT2D eigenvalue weighted by molar-refractivity contribution is 5.87. The van der Waals surface area contributed by atoms with E-state index in [-0.39, 0.29) is 18.6 Å². The van der Waals surface area contributed by atoms with Crippen LogP contribution < -0.4 is 10.6 Å². The number of rotatable bonds is 4. The van der Waals surface area contributed by atoms with Crippen molar-refractivity contribution in [3.05, 3.63) is 0 Å². The third kappa shape index (κ3) is 6.04. The quantitative estimate of drug-likeness (QED) is 0.511. The molecule has 2 fully saturated rings. The number of aliphatic imine (C=N–C) groups is 1. The second-order valence-electron chi connectivity index (χ2n) is 6.11. The summed E-state index contributed by atoms with van der Waals surface area (Å²) in [6, 6.07) is 0. The van der Waals surface area contributed by atoms with Gasteiger partial charge in [-0.15, -0.1) is 0 Å². The first-order valence-corrected chi connectivity index (χ1v) is 8.49. The van der Waals surface area contributed by atoms with Gasteiger partial charge in [0.05, 0.1) is 6.54 Å². The number of carbonyl (C=O) groups excluding carboxylic acids is 2. The maximum absolute atomic E-state index is 12.3. The fraction of sp³-hybridized carbons (Fsp3) is 0.800. The second-order valence-corrected chi connectivity index (χ2v) is 6.11. The predicted molar refractivity (Wildman–Crippen MR) is 87.6 cm³/mol. The minimum Gasteiger partial charge on any atom is -0.368 e. The van der Waals surface area contributed by atoms with Gasteiger partial charge in [0.15, 0.2) is 5.96 Å². The SMILES string of the molecule is CN=C(NCC(=O)NCC(F)(F)F)N1CCN(C(=O)C2CCCO2)CC1. The first kappa shape index (κ1) is 20.3. The molecule has 0 radical (unpaired) electrons. The number of carbonyl (C=O) groups is 2. The van der Waals surface area contributed by atoms with E-state index in [4.69, 9.17) is 4.74 Å². The molecule has 2 N–H and O–H groups in total. The molecule has 2 aliphatic rings. The van der Waals surface area contributed by atoms with Crippen molar-refractivity contribution in [3.8, 4) is 0 Å². The van der Waals surface area contributed by atoms with Gasteiger partial charge in [-0.1, -0.05) is 0 Å². The molecule has 8 nitrogen and oxygen atoms in total. The van der Waals surface area contributed by atoms with Crippen LogP contribution in [0.15, 0.2) is 4.99 Å². The molecule has 26 heavy (non-hydrogen) atoms. The lowest BCUT2D eigenvalue weighted by molar-refractivity contribution is -0.142. The molecule has 2 amide bonds. The van der Waals surface area contributed by atoms with Crippen LogP contribution >= 0.6 is 0 Å². The summed E-state index contributed by atoms with van der Waals surface area (Å²) in [5.74, 6) is -0.358. The van der Waals surface area contributed by atoms with Crippen LogP contribution in [0.4, 0.5) is 13.2 Å². The van der Waals surface area contributed by atoms with Crippen molar-refractivity contribution in [2.75, 3.05) is 52.9 Å². The normalized spacial score (nSPS) is 21.7. The van der Waals surface area contributed by atoms with E-state index in [1.807, 2.05) is 4.90 Å². The zero-order valence-electron chi connectivity index (χ0n) is 14.6. The number of nitrogens with one attached hydrogen (secondary N) is 2.